The molecular formula is C16H34N2. The topological polar surface area (TPSA) is 15.3 Å². The molecule has 0 amide bonds. The summed E-state index contributed by atoms with van der Waals surface area (Å²) in [5, 5.41) is 3.58. The molecule has 0 spiro atoms. The van der Waals surface area contributed by atoms with Gasteiger partial charge in [-0.3, -0.25) is 0 Å². The van der Waals surface area contributed by atoms with Crippen LogP contribution in [-0.2, 0) is 0 Å². The van der Waals surface area contributed by atoms with Gasteiger partial charge in [-0.05, 0) is 51.1 Å². The average molecular weight is 254 g/mol. The lowest BCUT2D eigenvalue weighted by Crippen LogP contribution is -2.45. The van der Waals surface area contributed by atoms with E-state index in [1.807, 2.05) is 0 Å². The van der Waals surface area contributed by atoms with Gasteiger partial charge in [0.25, 0.3) is 0 Å². The molecule has 0 aromatic heterocycles. The zero-order chi connectivity index (χ0) is 13.6. The van der Waals surface area contributed by atoms with Crippen molar-refractivity contribution in [2.24, 2.45) is 11.3 Å². The van der Waals surface area contributed by atoms with E-state index in [0.29, 0.717) is 11.5 Å². The highest BCUT2D eigenvalue weighted by Gasteiger charge is 2.38. The van der Waals surface area contributed by atoms with E-state index in [0.717, 1.165) is 5.92 Å². The summed E-state index contributed by atoms with van der Waals surface area (Å²) in [7, 11) is 0. The maximum absolute atomic E-state index is 3.58. The van der Waals surface area contributed by atoms with Gasteiger partial charge in [-0.1, -0.05) is 33.6 Å². The number of unbranched alkanes of at least 4 members (excludes halogenated alkanes) is 2. The predicted molar refractivity (Wildman–Crippen MR) is 81.0 cm³/mol. The molecule has 1 N–H and O–H groups in total. The molecule has 0 aromatic carbocycles. The van der Waals surface area contributed by atoms with Gasteiger partial charge >= 0.3 is 0 Å². The van der Waals surface area contributed by atoms with E-state index in [1.165, 1.54) is 51.9 Å². The van der Waals surface area contributed by atoms with Gasteiger partial charge in [0.05, 0.1) is 0 Å². The second kappa shape index (κ2) is 7.49. The first-order chi connectivity index (χ1) is 8.52. The number of nitrogens with one attached hydrogen (secondary N) is 1. The summed E-state index contributed by atoms with van der Waals surface area (Å²) in [4.78, 5) is 2.71. The van der Waals surface area contributed by atoms with Crippen LogP contribution in [0.1, 0.15) is 60.3 Å². The summed E-state index contributed by atoms with van der Waals surface area (Å²) in [6.07, 6.45) is 5.40. The van der Waals surface area contributed by atoms with E-state index in [2.05, 4.69) is 44.8 Å². The molecule has 1 aliphatic rings. The van der Waals surface area contributed by atoms with E-state index in [9.17, 15) is 0 Å². The summed E-state index contributed by atoms with van der Waals surface area (Å²) in [6, 6.07) is 0.679. The van der Waals surface area contributed by atoms with E-state index < -0.39 is 0 Å². The Hall–Kier alpha value is -0.0800. The highest BCUT2D eigenvalue weighted by Crippen LogP contribution is 2.35. The maximum atomic E-state index is 3.58. The zero-order valence-corrected chi connectivity index (χ0v) is 13.3. The molecule has 2 heteroatoms. The van der Waals surface area contributed by atoms with Crippen molar-refractivity contribution in [2.45, 2.75) is 66.3 Å². The fourth-order valence-electron chi connectivity index (χ4n) is 3.06. The fourth-order valence-corrected chi connectivity index (χ4v) is 3.06. The summed E-state index contributed by atoms with van der Waals surface area (Å²) in [5.74, 6) is 0.778. The van der Waals surface area contributed by atoms with E-state index >= 15 is 0 Å². The molecule has 0 bridgehead atoms. The molecule has 1 heterocycles. The van der Waals surface area contributed by atoms with Crippen molar-refractivity contribution in [3.8, 4) is 0 Å². The molecule has 1 fully saturated rings. The summed E-state index contributed by atoms with van der Waals surface area (Å²) < 4.78 is 0. The lowest BCUT2D eigenvalue weighted by Gasteiger charge is -2.40. The van der Waals surface area contributed by atoms with Crippen molar-refractivity contribution in [3.63, 3.8) is 0 Å². The summed E-state index contributed by atoms with van der Waals surface area (Å²) >= 11 is 0. The summed E-state index contributed by atoms with van der Waals surface area (Å²) in [6.45, 7) is 16.8. The second-order valence-corrected chi connectivity index (χ2v) is 6.72. The van der Waals surface area contributed by atoms with Gasteiger partial charge in [0.2, 0.25) is 0 Å². The van der Waals surface area contributed by atoms with Crippen molar-refractivity contribution >= 4 is 0 Å². The number of nitrogens with zero attached hydrogens (tertiary/aromatic N) is 1. The first-order valence-electron chi connectivity index (χ1n) is 7.96. The first kappa shape index (κ1) is 16.0. The number of rotatable bonds is 8. The molecule has 0 radical (unpaired) electrons. The Balaban J connectivity index is 2.57. The average Bonchev–Trinajstić information content (AvgIpc) is 2.77. The molecule has 108 valence electrons. The second-order valence-electron chi connectivity index (χ2n) is 6.72. The molecule has 1 atom stereocenters. The van der Waals surface area contributed by atoms with Gasteiger partial charge in [0.15, 0.2) is 0 Å². The van der Waals surface area contributed by atoms with Crippen LogP contribution in [0.2, 0.25) is 0 Å². The zero-order valence-electron chi connectivity index (χ0n) is 13.3. The lowest BCUT2D eigenvalue weighted by molar-refractivity contribution is 0.0940. The highest BCUT2D eigenvalue weighted by molar-refractivity contribution is 4.93. The number of hydrogen-bond acceptors (Lipinski definition) is 2. The third-order valence-electron chi connectivity index (χ3n) is 4.80. The Morgan fingerprint density at radius 1 is 1.17 bits per heavy atom. The molecule has 1 unspecified atom stereocenters. The van der Waals surface area contributed by atoms with Crippen molar-refractivity contribution in [3.05, 3.63) is 0 Å². The van der Waals surface area contributed by atoms with Crippen LogP contribution >= 0.6 is 0 Å². The van der Waals surface area contributed by atoms with Gasteiger partial charge in [0, 0.05) is 19.1 Å². The molecule has 2 nitrogen and oxygen atoms in total. The fraction of sp³-hybridized carbons (Fsp3) is 1.00. The lowest BCUT2D eigenvalue weighted by atomic mass is 9.75. The maximum Gasteiger partial charge on any atom is 0.00558 e. The molecule has 1 saturated heterocycles. The molecule has 18 heavy (non-hydrogen) atoms. The molecular weight excluding hydrogens is 220 g/mol. The van der Waals surface area contributed by atoms with E-state index in [4.69, 9.17) is 0 Å². The van der Waals surface area contributed by atoms with Crippen molar-refractivity contribution in [1.29, 1.82) is 0 Å². The Bertz CT molecular complexity index is 217. The summed E-state index contributed by atoms with van der Waals surface area (Å²) in [5.41, 5.74) is 0.510. The Morgan fingerprint density at radius 3 is 2.33 bits per heavy atom. The molecule has 1 rings (SSSR count). The normalized spacial score (nSPS) is 24.7. The molecule has 1 aliphatic heterocycles. The standard InChI is InChI=1S/C16H34N2/c1-6-7-8-11-18(15(4)5)13-16(14(2)3)9-10-17-12-16/h14-15,17H,6-13H2,1-5H3. The Morgan fingerprint density at radius 2 is 1.89 bits per heavy atom. The third kappa shape index (κ3) is 4.24. The van der Waals surface area contributed by atoms with Gasteiger partial charge in [-0.15, -0.1) is 0 Å². The predicted octanol–water partition coefficient (Wildman–Crippen LogP) is 3.52. The van der Waals surface area contributed by atoms with Crippen molar-refractivity contribution in [2.75, 3.05) is 26.2 Å². The minimum Gasteiger partial charge on any atom is -0.316 e. The minimum atomic E-state index is 0.510. The largest absolute Gasteiger partial charge is 0.316 e. The minimum absolute atomic E-state index is 0.510. The quantitative estimate of drug-likeness (QED) is 0.667. The van der Waals surface area contributed by atoms with Gasteiger partial charge in [-0.2, -0.15) is 0 Å². The van der Waals surface area contributed by atoms with E-state index in [-0.39, 0.29) is 0 Å². The van der Waals surface area contributed by atoms with Crippen molar-refractivity contribution < 1.29 is 0 Å². The van der Waals surface area contributed by atoms with E-state index in [1.54, 1.807) is 0 Å². The molecule has 0 aliphatic carbocycles. The smallest absolute Gasteiger partial charge is 0.00558 e. The van der Waals surface area contributed by atoms with Crippen LogP contribution in [0, 0.1) is 11.3 Å². The van der Waals surface area contributed by atoms with Crippen LogP contribution in [0.5, 0.6) is 0 Å². The van der Waals surface area contributed by atoms with Crippen LogP contribution < -0.4 is 5.32 Å². The van der Waals surface area contributed by atoms with Gasteiger partial charge in [-0.25, -0.2) is 0 Å². The monoisotopic (exact) mass is 254 g/mol. The molecule has 0 aromatic rings. The SMILES string of the molecule is CCCCCN(CC1(C(C)C)CCNC1)C(C)C. The van der Waals surface area contributed by atoms with Crippen LogP contribution in [-0.4, -0.2) is 37.1 Å². The Kier molecular flexibility index (Phi) is 6.65. The van der Waals surface area contributed by atoms with Crippen molar-refractivity contribution in [1.82, 2.24) is 10.2 Å². The third-order valence-corrected chi connectivity index (χ3v) is 4.80. The van der Waals surface area contributed by atoms with Crippen LogP contribution in [0.15, 0.2) is 0 Å². The molecule has 0 saturated carbocycles. The number of hydrogen-bond donors (Lipinski definition) is 1. The first-order valence-corrected chi connectivity index (χ1v) is 7.96. The highest BCUT2D eigenvalue weighted by atomic mass is 15.2. The van der Waals surface area contributed by atoms with Gasteiger partial charge in [0.1, 0.15) is 0 Å². The Labute approximate surface area is 115 Å². The van der Waals surface area contributed by atoms with Crippen LogP contribution in [0.4, 0.5) is 0 Å². The van der Waals surface area contributed by atoms with Gasteiger partial charge < -0.3 is 10.2 Å². The van der Waals surface area contributed by atoms with Crippen LogP contribution in [0.3, 0.4) is 0 Å². The van der Waals surface area contributed by atoms with Crippen LogP contribution in [0.25, 0.3) is 0 Å².